The van der Waals surface area contributed by atoms with E-state index >= 15 is 0 Å². The highest BCUT2D eigenvalue weighted by Crippen LogP contribution is 2.50. The first kappa shape index (κ1) is 29.0. The van der Waals surface area contributed by atoms with E-state index in [2.05, 4.69) is 89.2 Å². The Labute approximate surface area is 264 Å². The Bertz CT molecular complexity index is 1970. The van der Waals surface area contributed by atoms with Crippen LogP contribution >= 0.6 is 0 Å². The van der Waals surface area contributed by atoms with Crippen molar-refractivity contribution in [1.82, 2.24) is 0 Å². The Morgan fingerprint density at radius 3 is 1.98 bits per heavy atom. The second-order valence-electron chi connectivity index (χ2n) is 10.9. The number of benzene rings is 5. The lowest BCUT2D eigenvalue weighted by atomic mass is 9.93. The molecule has 1 aliphatic rings. The van der Waals surface area contributed by atoms with Gasteiger partial charge in [0.05, 0.1) is 22.8 Å². The molecule has 220 valence electrons. The average Bonchev–Trinajstić information content (AvgIpc) is 3.20. The van der Waals surface area contributed by atoms with Crippen molar-refractivity contribution in [3.05, 3.63) is 186 Å². The summed E-state index contributed by atoms with van der Waals surface area (Å²) in [5, 5.41) is 8.60. The number of nitrogens with zero attached hydrogens (tertiary/aromatic N) is 2. The van der Waals surface area contributed by atoms with Crippen molar-refractivity contribution in [3.63, 3.8) is 0 Å². The first-order chi connectivity index (χ1) is 22.0. The zero-order valence-electron chi connectivity index (χ0n) is 25.2. The van der Waals surface area contributed by atoms with Crippen LogP contribution in [0.2, 0.25) is 0 Å². The normalized spacial score (nSPS) is 12.8. The highest BCUT2D eigenvalue weighted by Gasteiger charge is 2.30. The molecule has 0 atom stereocenters. The average molecular weight is 586 g/mol. The van der Waals surface area contributed by atoms with E-state index in [1.807, 2.05) is 73.8 Å². The summed E-state index contributed by atoms with van der Waals surface area (Å²) in [7, 11) is 0. The molecule has 0 aromatic heterocycles. The maximum atomic E-state index is 8.60. The third-order valence-electron chi connectivity index (χ3n) is 7.81. The molecule has 5 aromatic carbocycles. The smallest absolute Gasteiger partial charge is 0.0632 e. The van der Waals surface area contributed by atoms with Gasteiger partial charge >= 0.3 is 0 Å². The number of hydrogen-bond donors (Lipinski definition) is 3. The number of fused-ring (bicyclic) bond motifs is 2. The largest absolute Gasteiger partial charge is 0.403 e. The molecule has 0 fully saturated rings. The van der Waals surface area contributed by atoms with Crippen LogP contribution < -0.4 is 21.3 Å². The fraction of sp³-hybridized carbons (Fsp3) is 0.0250. The molecule has 5 nitrogen and oxygen atoms in total. The van der Waals surface area contributed by atoms with Crippen LogP contribution in [0.1, 0.15) is 29.2 Å². The fourth-order valence-corrected chi connectivity index (χ4v) is 5.83. The zero-order valence-corrected chi connectivity index (χ0v) is 25.2. The molecule has 0 amide bonds. The van der Waals surface area contributed by atoms with Gasteiger partial charge in [0, 0.05) is 46.2 Å². The molecule has 0 bridgehead atoms. The molecule has 0 aliphatic carbocycles. The van der Waals surface area contributed by atoms with E-state index in [-0.39, 0.29) is 0 Å². The van der Waals surface area contributed by atoms with Gasteiger partial charge in [-0.25, -0.2) is 0 Å². The van der Waals surface area contributed by atoms with Crippen LogP contribution in [0.4, 0.5) is 22.7 Å². The molecule has 5 heteroatoms. The van der Waals surface area contributed by atoms with Gasteiger partial charge in [0.2, 0.25) is 0 Å². The maximum Gasteiger partial charge on any atom is 0.0632 e. The maximum absolute atomic E-state index is 8.60. The third-order valence-corrected chi connectivity index (χ3v) is 7.81. The summed E-state index contributed by atoms with van der Waals surface area (Å²) < 4.78 is 0. The van der Waals surface area contributed by atoms with Crippen molar-refractivity contribution in [2.45, 2.75) is 6.92 Å². The highest BCUT2D eigenvalue weighted by atomic mass is 15.2. The lowest BCUT2D eigenvalue weighted by Gasteiger charge is -2.29. The SMILES string of the molecule is C=C(C)C1=C(N(/C=C\N)c2cccc(/C(N)=C/C(=N)c3ccccc3)c2)c2ccccc2N(c2ccccc2)c2ccccc21. The van der Waals surface area contributed by atoms with E-state index in [0.29, 0.717) is 11.4 Å². The Kier molecular flexibility index (Phi) is 8.16. The number of allylic oxidation sites excluding steroid dienone is 3. The van der Waals surface area contributed by atoms with E-state index < -0.39 is 0 Å². The van der Waals surface area contributed by atoms with Gasteiger partial charge in [0.1, 0.15) is 0 Å². The molecule has 5 N–H and O–H groups in total. The minimum absolute atomic E-state index is 0.347. The number of nitrogens with two attached hydrogens (primary N) is 2. The third kappa shape index (κ3) is 5.67. The van der Waals surface area contributed by atoms with E-state index in [4.69, 9.17) is 16.9 Å². The lowest BCUT2D eigenvalue weighted by molar-refractivity contribution is 1.25. The minimum Gasteiger partial charge on any atom is -0.403 e. The van der Waals surface area contributed by atoms with Crippen LogP contribution in [0.5, 0.6) is 0 Å². The monoisotopic (exact) mass is 585 g/mol. The number of hydrogen-bond acceptors (Lipinski definition) is 5. The first-order valence-electron chi connectivity index (χ1n) is 14.8. The Hall–Kier alpha value is -6.07. The zero-order chi connectivity index (χ0) is 31.3. The molecule has 0 saturated carbocycles. The topological polar surface area (TPSA) is 82.4 Å². The van der Waals surface area contributed by atoms with Gasteiger partial charge in [-0.2, -0.15) is 0 Å². The van der Waals surface area contributed by atoms with Gasteiger partial charge in [0.25, 0.3) is 0 Å². The molecular formula is C40H35N5. The second-order valence-corrected chi connectivity index (χ2v) is 10.9. The molecule has 1 aliphatic heterocycles. The summed E-state index contributed by atoms with van der Waals surface area (Å²) in [6.45, 7) is 6.52. The van der Waals surface area contributed by atoms with E-state index in [1.54, 1.807) is 12.3 Å². The number of nitrogens with one attached hydrogen (secondary N) is 1. The summed E-state index contributed by atoms with van der Waals surface area (Å²) in [6, 6.07) is 44.8. The van der Waals surface area contributed by atoms with Crippen LogP contribution in [0, 0.1) is 5.41 Å². The van der Waals surface area contributed by atoms with Crippen molar-refractivity contribution in [2.75, 3.05) is 9.80 Å². The molecule has 1 heterocycles. The quantitative estimate of drug-likeness (QED) is 0.159. The van der Waals surface area contributed by atoms with Crippen molar-refractivity contribution in [3.8, 4) is 0 Å². The summed E-state index contributed by atoms with van der Waals surface area (Å²) in [4.78, 5) is 4.41. The van der Waals surface area contributed by atoms with Gasteiger partial charge in [-0.1, -0.05) is 104 Å². The highest BCUT2D eigenvalue weighted by molar-refractivity contribution is 6.12. The Morgan fingerprint density at radius 1 is 0.733 bits per heavy atom. The number of anilines is 4. The van der Waals surface area contributed by atoms with Gasteiger partial charge in [-0.15, -0.1) is 0 Å². The van der Waals surface area contributed by atoms with Crippen molar-refractivity contribution >= 4 is 45.4 Å². The molecule has 5 aromatic rings. The molecule has 0 saturated heterocycles. The fourth-order valence-electron chi connectivity index (χ4n) is 5.83. The lowest BCUT2D eigenvalue weighted by Crippen LogP contribution is -2.18. The predicted molar refractivity (Wildman–Crippen MR) is 190 cm³/mol. The van der Waals surface area contributed by atoms with Crippen LogP contribution in [0.3, 0.4) is 0 Å². The molecular weight excluding hydrogens is 550 g/mol. The first-order valence-corrected chi connectivity index (χ1v) is 14.8. The van der Waals surface area contributed by atoms with E-state index in [0.717, 1.165) is 61.8 Å². The molecule has 0 unspecified atom stereocenters. The minimum atomic E-state index is 0.347. The summed E-state index contributed by atoms with van der Waals surface area (Å²) in [5.74, 6) is 0. The Balaban J connectivity index is 1.57. The van der Waals surface area contributed by atoms with Crippen LogP contribution in [-0.4, -0.2) is 5.71 Å². The number of para-hydroxylation sites is 3. The van der Waals surface area contributed by atoms with E-state index in [1.165, 1.54) is 0 Å². The molecule has 45 heavy (non-hydrogen) atoms. The van der Waals surface area contributed by atoms with Crippen molar-refractivity contribution < 1.29 is 0 Å². The van der Waals surface area contributed by atoms with Crippen molar-refractivity contribution in [2.24, 2.45) is 11.5 Å². The van der Waals surface area contributed by atoms with Gasteiger partial charge in [-0.05, 0) is 66.1 Å². The summed E-state index contributed by atoms with van der Waals surface area (Å²) >= 11 is 0. The van der Waals surface area contributed by atoms with Gasteiger partial charge in [0.15, 0.2) is 0 Å². The van der Waals surface area contributed by atoms with Gasteiger partial charge < -0.3 is 26.7 Å². The van der Waals surface area contributed by atoms with E-state index in [9.17, 15) is 0 Å². The second kappa shape index (κ2) is 12.7. The molecule has 0 radical (unpaired) electrons. The van der Waals surface area contributed by atoms with Crippen LogP contribution in [-0.2, 0) is 0 Å². The van der Waals surface area contributed by atoms with Crippen molar-refractivity contribution in [1.29, 1.82) is 5.41 Å². The standard InChI is InChI=1S/C40H35N5/c1-28(2)39-33-20-9-11-22-37(33)45(31-17-7-4-8-18-31)38-23-12-10-21-34(38)40(39)44(25-24-41)32-19-13-16-30(26-32)36(43)27-35(42)29-14-5-3-6-15-29/h3-27,42H,1,41,43H2,2H3/b25-24-,36-27-,42-35?. The summed E-state index contributed by atoms with van der Waals surface area (Å²) in [6.07, 6.45) is 5.13. The Morgan fingerprint density at radius 2 is 1.31 bits per heavy atom. The molecule has 0 spiro atoms. The summed E-state index contributed by atoms with van der Waals surface area (Å²) in [5.41, 5.74) is 24.2. The number of rotatable bonds is 8. The predicted octanol–water partition coefficient (Wildman–Crippen LogP) is 9.22. The molecule has 6 rings (SSSR count). The van der Waals surface area contributed by atoms with Crippen LogP contribution in [0.25, 0.3) is 17.0 Å². The van der Waals surface area contributed by atoms with Gasteiger partial charge in [-0.3, -0.25) is 0 Å². The van der Waals surface area contributed by atoms with Crippen LogP contribution in [0.15, 0.2) is 164 Å².